The largest absolute Gasteiger partial charge is 0.411 e. The molecule has 1 amide bonds. The van der Waals surface area contributed by atoms with Crippen molar-refractivity contribution in [2.75, 3.05) is 32.9 Å². The zero-order chi connectivity index (χ0) is 15.9. The molecule has 21 heavy (non-hydrogen) atoms. The minimum atomic E-state index is -4.44. The van der Waals surface area contributed by atoms with Crippen LogP contribution in [0.4, 0.5) is 17.6 Å². The molecule has 1 rings (SSSR count). The quantitative estimate of drug-likeness (QED) is 0.617. The van der Waals surface area contributed by atoms with Crippen molar-refractivity contribution in [2.24, 2.45) is 0 Å². The van der Waals surface area contributed by atoms with Gasteiger partial charge in [-0.1, -0.05) is 6.07 Å². The number of rotatable bonds is 7. The van der Waals surface area contributed by atoms with Crippen molar-refractivity contribution in [1.82, 2.24) is 4.90 Å². The van der Waals surface area contributed by atoms with Crippen LogP contribution in [0.5, 0.6) is 0 Å². The number of nitrogens with zero attached hydrogens (tertiary/aromatic N) is 1. The summed E-state index contributed by atoms with van der Waals surface area (Å²) in [6.07, 6.45) is -4.44. The predicted octanol–water partition coefficient (Wildman–Crippen LogP) is 1.84. The van der Waals surface area contributed by atoms with Gasteiger partial charge in [0.15, 0.2) is 0 Å². The van der Waals surface area contributed by atoms with Crippen LogP contribution in [0.15, 0.2) is 24.3 Å². The second-order valence-corrected chi connectivity index (χ2v) is 4.19. The lowest BCUT2D eigenvalue weighted by atomic mass is 10.2. The second-order valence-electron chi connectivity index (χ2n) is 4.19. The highest BCUT2D eigenvalue weighted by Gasteiger charge is 2.27. The standard InChI is InChI=1S/C13H15F4NO3/c14-11-3-1-2-10(8-11)12(20)18(4-6-19)5-7-21-9-13(15,16)17/h1-3,8,19H,4-7,9H2. The van der Waals surface area contributed by atoms with Gasteiger partial charge in [-0.3, -0.25) is 4.79 Å². The number of ether oxygens (including phenoxy) is 1. The third-order valence-electron chi connectivity index (χ3n) is 2.50. The molecule has 0 radical (unpaired) electrons. The third-order valence-corrected chi connectivity index (χ3v) is 2.50. The SMILES string of the molecule is O=C(c1cccc(F)c1)N(CCO)CCOCC(F)(F)F. The monoisotopic (exact) mass is 309 g/mol. The fraction of sp³-hybridized carbons (Fsp3) is 0.462. The van der Waals surface area contributed by atoms with Gasteiger partial charge in [-0.25, -0.2) is 4.39 Å². The Morgan fingerprint density at radius 2 is 2.00 bits per heavy atom. The topological polar surface area (TPSA) is 49.8 Å². The minimum absolute atomic E-state index is 0.0549. The van der Waals surface area contributed by atoms with Crippen molar-refractivity contribution >= 4 is 5.91 Å². The van der Waals surface area contributed by atoms with Gasteiger partial charge in [0.25, 0.3) is 5.91 Å². The van der Waals surface area contributed by atoms with E-state index in [4.69, 9.17) is 5.11 Å². The summed E-state index contributed by atoms with van der Waals surface area (Å²) in [5.41, 5.74) is 0.0549. The van der Waals surface area contributed by atoms with Crippen molar-refractivity contribution in [3.05, 3.63) is 35.6 Å². The molecule has 0 aliphatic rings. The summed E-state index contributed by atoms with van der Waals surface area (Å²) in [6.45, 7) is -2.31. The van der Waals surface area contributed by atoms with Gasteiger partial charge >= 0.3 is 6.18 Å². The smallest absolute Gasteiger partial charge is 0.395 e. The number of benzene rings is 1. The van der Waals surface area contributed by atoms with E-state index in [1.807, 2.05) is 0 Å². The number of aliphatic hydroxyl groups excluding tert-OH is 1. The van der Waals surface area contributed by atoms with Crippen LogP contribution in [-0.4, -0.2) is 55.0 Å². The Morgan fingerprint density at radius 3 is 2.57 bits per heavy atom. The predicted molar refractivity (Wildman–Crippen MR) is 66.3 cm³/mol. The van der Waals surface area contributed by atoms with Crippen molar-refractivity contribution in [3.63, 3.8) is 0 Å². The van der Waals surface area contributed by atoms with Gasteiger partial charge in [-0.2, -0.15) is 13.2 Å². The Kier molecular flexibility index (Phi) is 6.57. The molecular formula is C13H15F4NO3. The molecule has 0 aromatic heterocycles. The van der Waals surface area contributed by atoms with Crippen molar-refractivity contribution in [3.8, 4) is 0 Å². The van der Waals surface area contributed by atoms with Crippen LogP contribution in [0.2, 0.25) is 0 Å². The molecule has 1 aromatic carbocycles. The average molecular weight is 309 g/mol. The van der Waals surface area contributed by atoms with Crippen molar-refractivity contribution in [2.45, 2.75) is 6.18 Å². The van der Waals surface area contributed by atoms with Crippen molar-refractivity contribution < 1.29 is 32.2 Å². The molecule has 0 saturated heterocycles. The first-order valence-corrected chi connectivity index (χ1v) is 6.13. The van der Waals surface area contributed by atoms with E-state index >= 15 is 0 Å². The Hall–Kier alpha value is -1.67. The van der Waals surface area contributed by atoms with E-state index in [1.165, 1.54) is 18.2 Å². The molecule has 0 unspecified atom stereocenters. The first-order valence-electron chi connectivity index (χ1n) is 6.13. The maximum Gasteiger partial charge on any atom is 0.411 e. The van der Waals surface area contributed by atoms with Gasteiger partial charge < -0.3 is 14.7 Å². The molecule has 0 atom stereocenters. The molecular weight excluding hydrogens is 294 g/mol. The van der Waals surface area contributed by atoms with E-state index in [0.717, 1.165) is 11.0 Å². The van der Waals surface area contributed by atoms with Gasteiger partial charge in [0.1, 0.15) is 12.4 Å². The first-order chi connectivity index (χ1) is 9.83. The van der Waals surface area contributed by atoms with Crippen LogP contribution in [0.25, 0.3) is 0 Å². The summed E-state index contributed by atoms with van der Waals surface area (Å²) < 4.78 is 53.2. The Bertz CT molecular complexity index is 465. The maximum atomic E-state index is 13.0. The van der Waals surface area contributed by atoms with Gasteiger partial charge in [0, 0.05) is 18.7 Å². The minimum Gasteiger partial charge on any atom is -0.395 e. The van der Waals surface area contributed by atoms with Gasteiger partial charge in [-0.05, 0) is 18.2 Å². The highest BCUT2D eigenvalue weighted by Crippen LogP contribution is 2.14. The molecule has 118 valence electrons. The van der Waals surface area contributed by atoms with Crippen LogP contribution in [0, 0.1) is 5.82 Å². The Morgan fingerprint density at radius 1 is 1.29 bits per heavy atom. The van der Waals surface area contributed by atoms with E-state index < -0.39 is 24.5 Å². The lowest BCUT2D eigenvalue weighted by Crippen LogP contribution is -2.36. The van der Waals surface area contributed by atoms with Crippen LogP contribution in [0.1, 0.15) is 10.4 Å². The zero-order valence-electron chi connectivity index (χ0n) is 11.1. The second kappa shape index (κ2) is 7.94. The molecule has 0 aliphatic carbocycles. The van der Waals surface area contributed by atoms with E-state index in [0.29, 0.717) is 0 Å². The lowest BCUT2D eigenvalue weighted by molar-refractivity contribution is -0.174. The third kappa shape index (κ3) is 6.54. The molecule has 8 heteroatoms. The highest BCUT2D eigenvalue weighted by atomic mass is 19.4. The lowest BCUT2D eigenvalue weighted by Gasteiger charge is -2.22. The van der Waals surface area contributed by atoms with Gasteiger partial charge in [0.2, 0.25) is 0 Å². The van der Waals surface area contributed by atoms with Crippen LogP contribution < -0.4 is 0 Å². The number of carbonyl (C=O) groups excluding carboxylic acids is 1. The number of hydrogen-bond donors (Lipinski definition) is 1. The number of alkyl halides is 3. The fourth-order valence-corrected chi connectivity index (χ4v) is 1.60. The number of aliphatic hydroxyl groups is 1. The van der Waals surface area contributed by atoms with E-state index in [-0.39, 0.29) is 31.9 Å². The maximum absolute atomic E-state index is 13.0. The van der Waals surface area contributed by atoms with E-state index in [2.05, 4.69) is 4.74 Å². The summed E-state index contributed by atoms with van der Waals surface area (Å²) in [6, 6.07) is 4.91. The van der Waals surface area contributed by atoms with Crippen LogP contribution in [0.3, 0.4) is 0 Å². The summed E-state index contributed by atoms with van der Waals surface area (Å²) in [5.74, 6) is -1.18. The molecule has 1 N–H and O–H groups in total. The van der Waals surface area contributed by atoms with Gasteiger partial charge in [-0.15, -0.1) is 0 Å². The zero-order valence-corrected chi connectivity index (χ0v) is 11.1. The van der Waals surface area contributed by atoms with E-state index in [9.17, 15) is 22.4 Å². The fourth-order valence-electron chi connectivity index (χ4n) is 1.60. The Balaban J connectivity index is 2.58. The molecule has 0 heterocycles. The summed E-state index contributed by atoms with van der Waals surface area (Å²) in [4.78, 5) is 13.2. The molecule has 0 aliphatic heterocycles. The van der Waals surface area contributed by atoms with Crippen LogP contribution >= 0.6 is 0 Å². The summed E-state index contributed by atoms with van der Waals surface area (Å²) >= 11 is 0. The molecule has 0 fully saturated rings. The first kappa shape index (κ1) is 17.4. The average Bonchev–Trinajstić information content (AvgIpc) is 2.40. The summed E-state index contributed by atoms with van der Waals surface area (Å²) in [7, 11) is 0. The highest BCUT2D eigenvalue weighted by molar-refractivity contribution is 5.94. The molecule has 4 nitrogen and oxygen atoms in total. The number of carbonyl (C=O) groups is 1. The molecule has 1 aromatic rings. The normalized spacial score (nSPS) is 11.5. The summed E-state index contributed by atoms with van der Waals surface area (Å²) in [5, 5.41) is 8.88. The number of hydrogen-bond acceptors (Lipinski definition) is 3. The molecule has 0 spiro atoms. The Labute approximate surface area is 118 Å². The number of halogens is 4. The molecule has 0 bridgehead atoms. The molecule has 0 saturated carbocycles. The number of amides is 1. The van der Waals surface area contributed by atoms with E-state index in [1.54, 1.807) is 0 Å². The van der Waals surface area contributed by atoms with Crippen molar-refractivity contribution in [1.29, 1.82) is 0 Å². The van der Waals surface area contributed by atoms with Gasteiger partial charge in [0.05, 0.1) is 13.2 Å². The van der Waals surface area contributed by atoms with Crippen LogP contribution in [-0.2, 0) is 4.74 Å².